The van der Waals surface area contributed by atoms with Crippen LogP contribution in [-0.4, -0.2) is 45.2 Å². The van der Waals surface area contributed by atoms with E-state index in [0.717, 1.165) is 43.0 Å². The van der Waals surface area contributed by atoms with E-state index in [1.165, 1.54) is 4.88 Å². The molecule has 0 aliphatic carbocycles. The second-order valence-electron chi connectivity index (χ2n) is 6.01. The van der Waals surface area contributed by atoms with E-state index in [4.69, 9.17) is 0 Å². The highest BCUT2D eigenvalue weighted by Gasteiger charge is 2.33. The van der Waals surface area contributed by atoms with E-state index in [0.29, 0.717) is 0 Å². The summed E-state index contributed by atoms with van der Waals surface area (Å²) < 4.78 is 1.74. The molecule has 6 nitrogen and oxygen atoms in total. The van der Waals surface area contributed by atoms with Crippen LogP contribution in [0.15, 0.2) is 18.6 Å². The molecule has 0 saturated carbocycles. The molecule has 2 aromatic rings. The van der Waals surface area contributed by atoms with Crippen LogP contribution in [-0.2, 0) is 24.8 Å². The highest BCUT2D eigenvalue weighted by Crippen LogP contribution is 2.24. The zero-order valence-electron chi connectivity index (χ0n) is 13.9. The third-order valence-electron chi connectivity index (χ3n) is 4.25. The Morgan fingerprint density at radius 1 is 1.43 bits per heavy atom. The van der Waals surface area contributed by atoms with E-state index >= 15 is 0 Å². The minimum atomic E-state index is -0.0730. The summed E-state index contributed by atoms with van der Waals surface area (Å²) in [5, 5.41) is 5.33. The number of carbonyl (C=O) groups excluding carboxylic acids is 1. The van der Waals surface area contributed by atoms with Gasteiger partial charge in [-0.15, -0.1) is 11.3 Å². The first-order valence-electron chi connectivity index (χ1n) is 8.02. The highest BCUT2D eigenvalue weighted by molar-refractivity contribution is 7.11. The van der Waals surface area contributed by atoms with Crippen molar-refractivity contribution in [1.82, 2.24) is 19.7 Å². The van der Waals surface area contributed by atoms with Gasteiger partial charge in [0.2, 0.25) is 5.91 Å². The fourth-order valence-electron chi connectivity index (χ4n) is 3.01. The fraction of sp³-hybridized carbons (Fsp3) is 0.562. The monoisotopic (exact) mass is 333 g/mol. The van der Waals surface area contributed by atoms with Gasteiger partial charge in [-0.3, -0.25) is 14.4 Å². The molecule has 23 heavy (non-hydrogen) atoms. The first kappa shape index (κ1) is 16.1. The van der Waals surface area contributed by atoms with Crippen LogP contribution >= 0.6 is 11.3 Å². The molecule has 1 aliphatic rings. The smallest absolute Gasteiger partial charge is 0.244 e. The molecule has 3 heterocycles. The molecule has 1 amide bonds. The van der Waals surface area contributed by atoms with Gasteiger partial charge in [-0.1, -0.05) is 6.92 Å². The molecule has 1 unspecified atom stereocenters. The second-order valence-corrected chi connectivity index (χ2v) is 7.21. The molecule has 2 aromatic heterocycles. The zero-order valence-corrected chi connectivity index (χ0v) is 14.7. The van der Waals surface area contributed by atoms with Gasteiger partial charge in [-0.25, -0.2) is 4.98 Å². The number of nitrogens with zero attached hydrogens (tertiary/aromatic N) is 5. The molecule has 0 aromatic carbocycles. The van der Waals surface area contributed by atoms with Gasteiger partial charge < -0.3 is 4.90 Å². The van der Waals surface area contributed by atoms with Gasteiger partial charge >= 0.3 is 0 Å². The number of hydrogen-bond donors (Lipinski definition) is 0. The molecule has 7 heteroatoms. The number of anilines is 1. The van der Waals surface area contributed by atoms with Gasteiger partial charge in [0.05, 0.1) is 22.9 Å². The largest absolute Gasteiger partial charge is 0.308 e. The Hall–Kier alpha value is -1.73. The van der Waals surface area contributed by atoms with Crippen LogP contribution in [0.1, 0.15) is 29.7 Å². The van der Waals surface area contributed by atoms with E-state index in [1.807, 2.05) is 31.4 Å². The van der Waals surface area contributed by atoms with Crippen LogP contribution < -0.4 is 4.90 Å². The number of aryl methyl sites for hydroxylation is 2. The third kappa shape index (κ3) is 3.45. The van der Waals surface area contributed by atoms with Crippen molar-refractivity contribution in [2.24, 2.45) is 7.05 Å². The van der Waals surface area contributed by atoms with E-state index in [2.05, 4.69) is 21.9 Å². The molecule has 124 valence electrons. The molecule has 3 rings (SSSR count). The minimum absolute atomic E-state index is 0.0730. The molecular formula is C16H23N5OS. The van der Waals surface area contributed by atoms with E-state index in [9.17, 15) is 4.79 Å². The summed E-state index contributed by atoms with van der Waals surface area (Å²) in [6.45, 7) is 3.66. The van der Waals surface area contributed by atoms with Gasteiger partial charge in [-0.2, -0.15) is 5.10 Å². The maximum absolute atomic E-state index is 12.9. The van der Waals surface area contributed by atoms with Crippen molar-refractivity contribution in [1.29, 1.82) is 0 Å². The van der Waals surface area contributed by atoms with Crippen molar-refractivity contribution >= 4 is 22.9 Å². The van der Waals surface area contributed by atoms with E-state index < -0.39 is 0 Å². The van der Waals surface area contributed by atoms with Crippen molar-refractivity contribution in [2.75, 3.05) is 18.5 Å². The lowest BCUT2D eigenvalue weighted by Gasteiger charge is -2.36. The summed E-state index contributed by atoms with van der Waals surface area (Å²) in [5.41, 5.74) is 0.890. The van der Waals surface area contributed by atoms with Crippen molar-refractivity contribution in [3.8, 4) is 0 Å². The number of rotatable bonds is 5. The highest BCUT2D eigenvalue weighted by atomic mass is 32.1. The molecule has 0 N–H and O–H groups in total. The predicted molar refractivity (Wildman–Crippen MR) is 91.5 cm³/mol. The van der Waals surface area contributed by atoms with Crippen LogP contribution in [0.4, 0.5) is 5.69 Å². The Bertz CT molecular complexity index is 680. The maximum atomic E-state index is 12.9. The van der Waals surface area contributed by atoms with Crippen LogP contribution in [0.5, 0.6) is 0 Å². The Balaban J connectivity index is 1.69. The average Bonchev–Trinajstić information content (AvgIpc) is 3.16. The molecular weight excluding hydrogens is 310 g/mol. The quantitative estimate of drug-likeness (QED) is 0.840. The summed E-state index contributed by atoms with van der Waals surface area (Å²) in [6.07, 6.45) is 8.48. The molecule has 1 aliphatic heterocycles. The molecule has 0 radical (unpaired) electrons. The van der Waals surface area contributed by atoms with Crippen LogP contribution in [0.3, 0.4) is 0 Å². The lowest BCUT2D eigenvalue weighted by Crippen LogP contribution is -2.51. The first-order chi connectivity index (χ1) is 11.1. The normalized spacial score (nSPS) is 18.9. The fourth-order valence-corrected chi connectivity index (χ4v) is 3.94. The van der Waals surface area contributed by atoms with Crippen molar-refractivity contribution in [2.45, 2.75) is 38.8 Å². The van der Waals surface area contributed by atoms with Crippen LogP contribution in [0.25, 0.3) is 0 Å². The topological polar surface area (TPSA) is 54.3 Å². The van der Waals surface area contributed by atoms with E-state index in [1.54, 1.807) is 22.2 Å². The number of amides is 1. The summed E-state index contributed by atoms with van der Waals surface area (Å²) in [7, 11) is 3.90. The first-order valence-corrected chi connectivity index (χ1v) is 8.84. The Labute approximate surface area is 140 Å². The summed E-state index contributed by atoms with van der Waals surface area (Å²) >= 11 is 1.74. The Morgan fingerprint density at radius 2 is 2.26 bits per heavy atom. The molecule has 0 spiro atoms. The van der Waals surface area contributed by atoms with Gasteiger partial charge in [0.25, 0.3) is 0 Å². The summed E-state index contributed by atoms with van der Waals surface area (Å²) in [5.74, 6) is 0.173. The lowest BCUT2D eigenvalue weighted by atomic mass is 10.0. The number of aromatic nitrogens is 3. The lowest BCUT2D eigenvalue weighted by molar-refractivity contribution is -0.125. The van der Waals surface area contributed by atoms with Gasteiger partial charge in [-0.05, 0) is 26.3 Å². The summed E-state index contributed by atoms with van der Waals surface area (Å²) in [6, 6.07) is -0.0730. The molecule has 1 atom stereocenters. The number of hydrogen-bond acceptors (Lipinski definition) is 5. The Morgan fingerprint density at radius 3 is 2.91 bits per heavy atom. The van der Waals surface area contributed by atoms with Crippen molar-refractivity contribution < 1.29 is 4.79 Å². The average molecular weight is 333 g/mol. The SMILES string of the molecule is CCc1ncc(CN(C)C2CCCN(c3cnn(C)c3)C2=O)s1. The van der Waals surface area contributed by atoms with Gasteiger partial charge in [0.1, 0.15) is 0 Å². The van der Waals surface area contributed by atoms with Crippen LogP contribution in [0, 0.1) is 0 Å². The zero-order chi connectivity index (χ0) is 16.4. The minimum Gasteiger partial charge on any atom is -0.308 e. The Kier molecular flexibility index (Phi) is 4.77. The van der Waals surface area contributed by atoms with Crippen molar-refractivity contribution in [3.05, 3.63) is 28.5 Å². The van der Waals surface area contributed by atoms with Gasteiger partial charge in [0, 0.05) is 37.4 Å². The molecule has 1 fully saturated rings. The molecule has 1 saturated heterocycles. The maximum Gasteiger partial charge on any atom is 0.244 e. The third-order valence-corrected chi connectivity index (χ3v) is 5.38. The van der Waals surface area contributed by atoms with Crippen molar-refractivity contribution in [3.63, 3.8) is 0 Å². The van der Waals surface area contributed by atoms with Gasteiger partial charge in [0.15, 0.2) is 0 Å². The molecule has 0 bridgehead atoms. The van der Waals surface area contributed by atoms with E-state index in [-0.39, 0.29) is 11.9 Å². The second kappa shape index (κ2) is 6.80. The number of carbonyl (C=O) groups is 1. The number of piperidine rings is 1. The number of thiazole rings is 1. The number of likely N-dealkylation sites (N-methyl/N-ethyl adjacent to an activating group) is 1. The predicted octanol–water partition coefficient (Wildman–Crippen LogP) is 2.07. The van der Waals surface area contributed by atoms with Crippen LogP contribution in [0.2, 0.25) is 0 Å². The summed E-state index contributed by atoms with van der Waals surface area (Å²) in [4.78, 5) is 22.5. The standard InChI is InChI=1S/C16H23N5OS/c1-4-15-17-9-13(23-15)11-19(2)14-6-5-7-21(16(14)22)12-8-18-20(3)10-12/h8-10,14H,4-7,11H2,1-3H3.